The van der Waals surface area contributed by atoms with Crippen molar-refractivity contribution >= 4 is 15.9 Å². The van der Waals surface area contributed by atoms with Gasteiger partial charge in [-0.2, -0.15) is 0 Å². The summed E-state index contributed by atoms with van der Waals surface area (Å²) in [4.78, 5) is 14.0. The lowest BCUT2D eigenvalue weighted by Crippen LogP contribution is -2.44. The van der Waals surface area contributed by atoms with E-state index in [1.165, 1.54) is 6.42 Å². The summed E-state index contributed by atoms with van der Waals surface area (Å²) < 4.78 is 27.3. The summed E-state index contributed by atoms with van der Waals surface area (Å²) in [5, 5.41) is 0. The van der Waals surface area contributed by atoms with Crippen LogP contribution in [0.15, 0.2) is 29.2 Å². The molecule has 1 amide bonds. The van der Waals surface area contributed by atoms with Crippen molar-refractivity contribution in [3.8, 4) is 0 Å². The number of sulfonamides is 1. The van der Waals surface area contributed by atoms with E-state index in [1.54, 1.807) is 19.1 Å². The molecule has 0 atom stereocenters. The van der Waals surface area contributed by atoms with Crippen molar-refractivity contribution in [1.29, 1.82) is 0 Å². The van der Waals surface area contributed by atoms with E-state index in [0.29, 0.717) is 6.54 Å². The van der Waals surface area contributed by atoms with Crippen LogP contribution in [0, 0.1) is 0 Å². The van der Waals surface area contributed by atoms with Gasteiger partial charge in [-0.05, 0) is 37.0 Å². The largest absolute Gasteiger partial charge is 0.339 e. The Kier molecular flexibility index (Phi) is 6.80. The van der Waals surface area contributed by atoms with Gasteiger partial charge in [-0.1, -0.05) is 38.3 Å². The van der Waals surface area contributed by atoms with Crippen molar-refractivity contribution in [3.05, 3.63) is 29.8 Å². The van der Waals surface area contributed by atoms with Crippen molar-refractivity contribution in [3.63, 3.8) is 0 Å². The number of hydrogen-bond acceptors (Lipinski definition) is 3. The molecule has 24 heavy (non-hydrogen) atoms. The van der Waals surface area contributed by atoms with Crippen molar-refractivity contribution in [2.45, 2.75) is 63.3 Å². The zero-order valence-corrected chi connectivity index (χ0v) is 15.4. The normalized spacial score (nSPS) is 16.1. The molecule has 0 spiro atoms. The number of carbonyl (C=O) groups excluding carboxylic acids is 1. The number of benzene rings is 1. The summed E-state index contributed by atoms with van der Waals surface area (Å²) >= 11 is 0. The van der Waals surface area contributed by atoms with Crippen LogP contribution in [-0.4, -0.2) is 38.4 Å². The lowest BCUT2D eigenvalue weighted by Gasteiger charge is -2.33. The third-order valence-corrected chi connectivity index (χ3v) is 6.18. The molecular formula is C18H28N2O3S. The Balaban J connectivity index is 1.93. The second-order valence-electron chi connectivity index (χ2n) is 6.40. The number of hydrogen-bond donors (Lipinski definition) is 1. The fourth-order valence-electron chi connectivity index (χ4n) is 3.28. The van der Waals surface area contributed by atoms with Gasteiger partial charge in [0.2, 0.25) is 15.9 Å². The fraction of sp³-hybridized carbons (Fsp3) is 0.611. The summed E-state index contributed by atoms with van der Waals surface area (Å²) in [5.74, 6) is 0.0217. The number of aryl methyl sites for hydroxylation is 1. The molecule has 1 aromatic carbocycles. The molecule has 1 aromatic rings. The van der Waals surface area contributed by atoms with Crippen LogP contribution in [0.4, 0.5) is 0 Å². The van der Waals surface area contributed by atoms with Crippen LogP contribution in [0.5, 0.6) is 0 Å². The van der Waals surface area contributed by atoms with Crippen LogP contribution in [0.25, 0.3) is 0 Å². The number of nitrogens with zero attached hydrogens (tertiary/aromatic N) is 1. The van der Waals surface area contributed by atoms with Gasteiger partial charge in [-0.3, -0.25) is 4.79 Å². The maximum absolute atomic E-state index is 12.3. The molecule has 1 saturated carbocycles. The summed E-state index contributed by atoms with van der Waals surface area (Å²) in [6.45, 7) is 4.26. The summed E-state index contributed by atoms with van der Waals surface area (Å²) in [6.07, 6.45) is 6.43. The second kappa shape index (κ2) is 8.62. The van der Waals surface area contributed by atoms with Crippen LogP contribution >= 0.6 is 0 Å². The van der Waals surface area contributed by atoms with E-state index in [9.17, 15) is 13.2 Å². The summed E-state index contributed by atoms with van der Waals surface area (Å²) in [7, 11) is -3.53. The third-order valence-electron chi connectivity index (χ3n) is 4.71. The summed E-state index contributed by atoms with van der Waals surface area (Å²) in [6, 6.07) is 7.18. The number of amides is 1. The average Bonchev–Trinajstić information content (AvgIpc) is 2.59. The Morgan fingerprint density at radius 1 is 1.17 bits per heavy atom. The van der Waals surface area contributed by atoms with Gasteiger partial charge >= 0.3 is 0 Å². The molecule has 0 aliphatic heterocycles. The molecule has 1 aliphatic rings. The first-order chi connectivity index (χ1) is 11.4. The van der Waals surface area contributed by atoms with E-state index < -0.39 is 10.0 Å². The van der Waals surface area contributed by atoms with E-state index >= 15 is 0 Å². The number of nitrogens with one attached hydrogen (secondary N) is 1. The molecule has 6 heteroatoms. The molecule has 0 heterocycles. The highest BCUT2D eigenvalue weighted by Gasteiger charge is 2.23. The first kappa shape index (κ1) is 18.9. The quantitative estimate of drug-likeness (QED) is 0.820. The molecule has 0 unspecified atom stereocenters. The molecule has 134 valence electrons. The Morgan fingerprint density at radius 2 is 1.79 bits per heavy atom. The minimum atomic E-state index is -3.53. The molecule has 0 aromatic heterocycles. The summed E-state index contributed by atoms with van der Waals surface area (Å²) in [5.41, 5.74) is 1.11. The molecule has 1 fully saturated rings. The fourth-order valence-corrected chi connectivity index (χ4v) is 4.30. The Bertz CT molecular complexity index is 635. The first-order valence-electron chi connectivity index (χ1n) is 8.80. The van der Waals surface area contributed by atoms with Gasteiger partial charge in [-0.25, -0.2) is 13.1 Å². The van der Waals surface area contributed by atoms with Crippen molar-refractivity contribution < 1.29 is 13.2 Å². The van der Waals surface area contributed by atoms with Gasteiger partial charge in [0.15, 0.2) is 0 Å². The van der Waals surface area contributed by atoms with Crippen molar-refractivity contribution in [1.82, 2.24) is 9.62 Å². The number of rotatable bonds is 7. The maximum Gasteiger partial charge on any atom is 0.240 e. The number of carbonyl (C=O) groups is 1. The first-order valence-corrected chi connectivity index (χ1v) is 10.3. The molecular weight excluding hydrogens is 324 g/mol. The van der Waals surface area contributed by atoms with E-state index in [-0.39, 0.29) is 23.4 Å². The molecule has 2 rings (SSSR count). The Hall–Kier alpha value is -1.40. The van der Waals surface area contributed by atoms with Gasteiger partial charge in [0.25, 0.3) is 0 Å². The van der Waals surface area contributed by atoms with Crippen LogP contribution in [0.2, 0.25) is 0 Å². The highest BCUT2D eigenvalue weighted by molar-refractivity contribution is 7.89. The van der Waals surface area contributed by atoms with E-state index in [4.69, 9.17) is 0 Å². The predicted molar refractivity (Wildman–Crippen MR) is 95.3 cm³/mol. The Morgan fingerprint density at radius 3 is 2.33 bits per heavy atom. The highest BCUT2D eigenvalue weighted by atomic mass is 32.2. The lowest BCUT2D eigenvalue weighted by molar-refractivity contribution is -0.131. The average molecular weight is 353 g/mol. The van der Waals surface area contributed by atoms with E-state index in [2.05, 4.69) is 4.72 Å². The molecule has 5 nitrogen and oxygen atoms in total. The second-order valence-corrected chi connectivity index (χ2v) is 8.17. The van der Waals surface area contributed by atoms with Crippen molar-refractivity contribution in [2.24, 2.45) is 0 Å². The van der Waals surface area contributed by atoms with Crippen molar-refractivity contribution in [2.75, 3.05) is 13.1 Å². The van der Waals surface area contributed by atoms with Gasteiger partial charge in [-0.15, -0.1) is 0 Å². The van der Waals surface area contributed by atoms with Crippen LogP contribution in [0.1, 0.15) is 51.5 Å². The van der Waals surface area contributed by atoms with Gasteiger partial charge < -0.3 is 4.90 Å². The van der Waals surface area contributed by atoms with Gasteiger partial charge in [0.05, 0.1) is 4.90 Å². The minimum Gasteiger partial charge on any atom is -0.339 e. The molecule has 0 saturated heterocycles. The zero-order valence-electron chi connectivity index (χ0n) is 14.6. The molecule has 1 N–H and O–H groups in total. The monoisotopic (exact) mass is 352 g/mol. The topological polar surface area (TPSA) is 66.5 Å². The molecule has 0 radical (unpaired) electrons. The van der Waals surface area contributed by atoms with E-state index in [0.717, 1.165) is 37.7 Å². The standard InChI is InChI=1S/C18H28N2O3S/c1-3-16-9-11-18(12-10-16)24(22,23)19-13-14-20(15(2)21)17-7-5-4-6-8-17/h9-12,17,19H,3-8,13-14H2,1-2H3. The van der Waals surface area contributed by atoms with Crippen LogP contribution < -0.4 is 4.72 Å². The zero-order chi connectivity index (χ0) is 17.6. The van der Waals surface area contributed by atoms with Gasteiger partial charge in [0.1, 0.15) is 0 Å². The lowest BCUT2D eigenvalue weighted by atomic mass is 9.94. The Labute approximate surface area is 145 Å². The van der Waals surface area contributed by atoms with Gasteiger partial charge in [0, 0.05) is 26.1 Å². The molecule has 1 aliphatic carbocycles. The smallest absolute Gasteiger partial charge is 0.240 e. The van der Waals surface area contributed by atoms with Crippen LogP contribution in [0.3, 0.4) is 0 Å². The minimum absolute atomic E-state index is 0.0217. The van der Waals surface area contributed by atoms with E-state index in [1.807, 2.05) is 24.0 Å². The van der Waals surface area contributed by atoms with Crippen LogP contribution in [-0.2, 0) is 21.2 Å². The molecule has 0 bridgehead atoms. The predicted octanol–water partition coefficient (Wildman–Crippen LogP) is 2.71. The highest BCUT2D eigenvalue weighted by Crippen LogP contribution is 2.22. The third kappa shape index (κ3) is 5.05. The SMILES string of the molecule is CCc1ccc(S(=O)(=O)NCCN(C(C)=O)C2CCCCC2)cc1. The maximum atomic E-state index is 12.3.